The lowest BCUT2D eigenvalue weighted by Gasteiger charge is -2.14. The van der Waals surface area contributed by atoms with Crippen LogP contribution >= 0.6 is 0 Å². The highest BCUT2D eigenvalue weighted by Gasteiger charge is 2.24. The first-order valence-electron chi connectivity index (χ1n) is 7.72. The molecule has 1 aliphatic carbocycles. The number of alkyl halides is 1. The van der Waals surface area contributed by atoms with Crippen molar-refractivity contribution in [2.75, 3.05) is 0 Å². The molecule has 0 amide bonds. The second-order valence-electron chi connectivity index (χ2n) is 5.57. The van der Waals surface area contributed by atoms with Gasteiger partial charge in [-0.25, -0.2) is 9.07 Å². The highest BCUT2D eigenvalue weighted by atomic mass is 19.1. The van der Waals surface area contributed by atoms with Gasteiger partial charge in [0.2, 0.25) is 5.88 Å². The fourth-order valence-corrected chi connectivity index (χ4v) is 2.62. The van der Waals surface area contributed by atoms with E-state index in [0.29, 0.717) is 23.4 Å². The van der Waals surface area contributed by atoms with Crippen LogP contribution in [0.1, 0.15) is 6.42 Å². The molecule has 2 atom stereocenters. The Hall–Kier alpha value is -3.29. The summed E-state index contributed by atoms with van der Waals surface area (Å²) in [6, 6.07) is 8.34. The Kier molecular flexibility index (Phi) is 3.85. The average molecular weight is 339 g/mol. The predicted molar refractivity (Wildman–Crippen MR) is 87.1 cm³/mol. The molecule has 0 saturated heterocycles. The maximum absolute atomic E-state index is 13.5. The average Bonchev–Trinajstić information content (AvgIpc) is 3.28. The van der Waals surface area contributed by atoms with Crippen molar-refractivity contribution in [2.24, 2.45) is 0 Å². The molecule has 0 fully saturated rings. The van der Waals surface area contributed by atoms with Crippen LogP contribution in [0.2, 0.25) is 0 Å². The minimum Gasteiger partial charge on any atom is -0.507 e. The van der Waals surface area contributed by atoms with Gasteiger partial charge in [-0.3, -0.25) is 0 Å². The molecule has 4 rings (SSSR count). The highest BCUT2D eigenvalue weighted by molar-refractivity contribution is 5.68. The fraction of sp³-hybridized carbons (Fsp3) is 0.176. The molecule has 0 aliphatic heterocycles. The van der Waals surface area contributed by atoms with Crippen LogP contribution in [0.5, 0.6) is 11.6 Å². The molecule has 0 spiro atoms. The summed E-state index contributed by atoms with van der Waals surface area (Å²) in [5.41, 5.74) is 1.68. The summed E-state index contributed by atoms with van der Waals surface area (Å²) in [4.78, 5) is 0. The van der Waals surface area contributed by atoms with Crippen molar-refractivity contribution in [3.05, 3.63) is 54.9 Å². The topological polar surface area (TPSA) is 86.0 Å². The summed E-state index contributed by atoms with van der Waals surface area (Å²) in [5.74, 6) is 0.290. The molecule has 0 unspecified atom stereocenters. The van der Waals surface area contributed by atoms with Crippen molar-refractivity contribution in [3.8, 4) is 28.6 Å². The zero-order valence-electron chi connectivity index (χ0n) is 13.0. The Labute approximate surface area is 142 Å². The van der Waals surface area contributed by atoms with Crippen LogP contribution in [0.3, 0.4) is 0 Å². The molecule has 1 aliphatic rings. The van der Waals surface area contributed by atoms with Crippen LogP contribution in [-0.2, 0) is 0 Å². The Morgan fingerprint density at radius 1 is 1.20 bits per heavy atom. The number of aromatic nitrogens is 5. The van der Waals surface area contributed by atoms with Crippen LogP contribution in [0.15, 0.2) is 54.9 Å². The summed E-state index contributed by atoms with van der Waals surface area (Å²) >= 11 is 0. The maximum atomic E-state index is 13.5. The van der Waals surface area contributed by atoms with Crippen LogP contribution < -0.4 is 4.74 Å². The Balaban J connectivity index is 1.54. The van der Waals surface area contributed by atoms with E-state index in [9.17, 15) is 9.50 Å². The van der Waals surface area contributed by atoms with Gasteiger partial charge in [-0.15, -0.1) is 15.3 Å². The first kappa shape index (κ1) is 15.3. The van der Waals surface area contributed by atoms with E-state index >= 15 is 0 Å². The number of ether oxygens (including phenoxy) is 1. The molecular weight excluding hydrogens is 325 g/mol. The first-order valence-corrected chi connectivity index (χ1v) is 7.72. The van der Waals surface area contributed by atoms with E-state index in [2.05, 4.69) is 20.5 Å². The molecule has 2 heterocycles. The van der Waals surface area contributed by atoms with E-state index in [0.717, 1.165) is 0 Å². The third kappa shape index (κ3) is 3.06. The van der Waals surface area contributed by atoms with E-state index in [1.165, 1.54) is 10.8 Å². The molecule has 2 aromatic heterocycles. The molecule has 1 N–H and O–H groups in total. The summed E-state index contributed by atoms with van der Waals surface area (Å²) in [7, 11) is 0. The van der Waals surface area contributed by atoms with Crippen molar-refractivity contribution >= 4 is 0 Å². The van der Waals surface area contributed by atoms with Crippen LogP contribution in [-0.4, -0.2) is 42.6 Å². The van der Waals surface area contributed by atoms with E-state index in [4.69, 9.17) is 4.74 Å². The molecule has 3 aromatic rings. The van der Waals surface area contributed by atoms with Gasteiger partial charge in [0.05, 0.1) is 23.8 Å². The highest BCUT2D eigenvalue weighted by Crippen LogP contribution is 2.30. The zero-order chi connectivity index (χ0) is 17.2. The quantitative estimate of drug-likeness (QED) is 0.735. The second kappa shape index (κ2) is 6.31. The predicted octanol–water partition coefficient (Wildman–Crippen LogP) is 2.48. The Bertz CT molecular complexity index is 896. The first-order chi connectivity index (χ1) is 12.2. The largest absolute Gasteiger partial charge is 0.507 e. The number of hydrogen-bond acceptors (Lipinski definition) is 6. The van der Waals surface area contributed by atoms with E-state index in [-0.39, 0.29) is 11.6 Å². The van der Waals surface area contributed by atoms with Gasteiger partial charge in [0, 0.05) is 24.1 Å². The standard InChI is InChI=1S/C17H14FN5O2/c18-13-2-1-3-16(13)25-17-7-6-14(20-21-17)12-5-4-11(10-15(12)24)23-9-8-19-22-23/h1-2,4-10,13,16,24H,3H2/t13-,16-/m0/s1. The number of nitrogens with zero attached hydrogens (tertiary/aromatic N) is 5. The number of phenolic OH excluding ortho intramolecular Hbond substituents is 1. The van der Waals surface area contributed by atoms with Gasteiger partial charge in [0.15, 0.2) is 6.17 Å². The van der Waals surface area contributed by atoms with E-state index in [1.54, 1.807) is 48.8 Å². The van der Waals surface area contributed by atoms with Gasteiger partial charge >= 0.3 is 0 Å². The van der Waals surface area contributed by atoms with Gasteiger partial charge < -0.3 is 9.84 Å². The number of hydrogen-bond donors (Lipinski definition) is 1. The van der Waals surface area contributed by atoms with Gasteiger partial charge in [0.1, 0.15) is 11.9 Å². The number of aromatic hydroxyl groups is 1. The Morgan fingerprint density at radius 3 is 2.76 bits per heavy atom. The van der Waals surface area contributed by atoms with Crippen LogP contribution in [0.4, 0.5) is 4.39 Å². The molecule has 7 nitrogen and oxygen atoms in total. The molecular formula is C17H14FN5O2. The molecule has 1 aromatic carbocycles. The summed E-state index contributed by atoms with van der Waals surface area (Å²) in [6.45, 7) is 0. The van der Waals surface area contributed by atoms with Crippen LogP contribution in [0.25, 0.3) is 16.9 Å². The smallest absolute Gasteiger partial charge is 0.233 e. The van der Waals surface area contributed by atoms with E-state index < -0.39 is 12.3 Å². The van der Waals surface area contributed by atoms with Gasteiger partial charge in [-0.05, 0) is 18.2 Å². The molecule has 126 valence electrons. The van der Waals surface area contributed by atoms with Gasteiger partial charge in [0.25, 0.3) is 0 Å². The molecule has 25 heavy (non-hydrogen) atoms. The van der Waals surface area contributed by atoms with Crippen molar-refractivity contribution < 1.29 is 14.2 Å². The molecule has 0 radical (unpaired) electrons. The van der Waals surface area contributed by atoms with Gasteiger partial charge in [-0.2, -0.15) is 0 Å². The summed E-state index contributed by atoms with van der Waals surface area (Å²) < 4.78 is 20.5. The van der Waals surface area contributed by atoms with E-state index in [1.807, 2.05) is 0 Å². The monoisotopic (exact) mass is 339 g/mol. The fourth-order valence-electron chi connectivity index (χ4n) is 2.62. The lowest BCUT2D eigenvalue weighted by Crippen LogP contribution is -2.23. The normalized spacial score (nSPS) is 19.2. The Morgan fingerprint density at radius 2 is 2.12 bits per heavy atom. The summed E-state index contributed by atoms with van der Waals surface area (Å²) in [6.07, 6.45) is 5.26. The lowest BCUT2D eigenvalue weighted by atomic mass is 10.1. The molecule has 8 heteroatoms. The SMILES string of the molecule is Oc1cc(-n2ccnn2)ccc1-c1ccc(O[C@H]2CC=C[C@@H]2F)nn1. The third-order valence-corrected chi connectivity index (χ3v) is 3.90. The van der Waals surface area contributed by atoms with Gasteiger partial charge in [-0.1, -0.05) is 17.4 Å². The summed E-state index contributed by atoms with van der Waals surface area (Å²) in [5, 5.41) is 25.9. The second-order valence-corrected chi connectivity index (χ2v) is 5.57. The third-order valence-electron chi connectivity index (χ3n) is 3.90. The molecule has 0 bridgehead atoms. The minimum atomic E-state index is -1.13. The lowest BCUT2D eigenvalue weighted by molar-refractivity contribution is 0.132. The minimum absolute atomic E-state index is 0.0415. The van der Waals surface area contributed by atoms with Crippen molar-refractivity contribution in [1.29, 1.82) is 0 Å². The number of benzene rings is 1. The van der Waals surface area contributed by atoms with Crippen molar-refractivity contribution in [3.63, 3.8) is 0 Å². The van der Waals surface area contributed by atoms with Crippen LogP contribution in [0, 0.1) is 0 Å². The van der Waals surface area contributed by atoms with Crippen molar-refractivity contribution in [2.45, 2.75) is 18.7 Å². The molecule has 0 saturated carbocycles. The zero-order valence-corrected chi connectivity index (χ0v) is 13.0. The van der Waals surface area contributed by atoms with Crippen molar-refractivity contribution in [1.82, 2.24) is 25.2 Å². The maximum Gasteiger partial charge on any atom is 0.233 e. The number of phenols is 1. The number of halogens is 1. The number of rotatable bonds is 4.